The lowest BCUT2D eigenvalue weighted by atomic mass is 10.0. The Kier molecular flexibility index (Phi) is 2.53. The molecule has 1 nitrogen and oxygen atoms in total. The van der Waals surface area contributed by atoms with Crippen LogP contribution in [0.25, 0.3) is 28.2 Å². The number of rotatable bonds is 1. The van der Waals surface area contributed by atoms with Gasteiger partial charge in [-0.3, -0.25) is 0 Å². The first-order chi connectivity index (χ1) is 9.86. The Labute approximate surface area is 118 Å². The van der Waals surface area contributed by atoms with Crippen LogP contribution in [0.15, 0.2) is 54.6 Å². The van der Waals surface area contributed by atoms with E-state index in [1.165, 1.54) is 32.7 Å². The van der Waals surface area contributed by atoms with Gasteiger partial charge in [0.15, 0.2) is 0 Å². The first kappa shape index (κ1) is 11.5. The van der Waals surface area contributed by atoms with E-state index in [0.29, 0.717) is 0 Å². The van der Waals surface area contributed by atoms with E-state index >= 15 is 0 Å². The summed E-state index contributed by atoms with van der Waals surface area (Å²) in [5.41, 5.74) is 4.04. The fraction of sp³-hybridized carbons (Fsp3) is 0.158. The van der Waals surface area contributed by atoms with Crippen molar-refractivity contribution in [3.63, 3.8) is 0 Å². The van der Waals surface area contributed by atoms with Crippen molar-refractivity contribution in [2.24, 2.45) is 0 Å². The average molecular weight is 259 g/mol. The van der Waals surface area contributed by atoms with E-state index in [-0.39, 0.29) is 0 Å². The molecule has 4 rings (SSSR count). The predicted molar refractivity (Wildman–Crippen MR) is 85.3 cm³/mol. The molecular weight excluding hydrogens is 242 g/mol. The Balaban J connectivity index is 2.28. The normalized spacial score (nSPS) is 14.2. The van der Waals surface area contributed by atoms with Crippen LogP contribution >= 0.6 is 0 Å². The monoisotopic (exact) mass is 259 g/mol. The lowest BCUT2D eigenvalue weighted by Gasteiger charge is -2.10. The van der Waals surface area contributed by atoms with Gasteiger partial charge in [-0.1, -0.05) is 42.5 Å². The molecule has 98 valence electrons. The minimum atomic E-state index is 1.15. The molecule has 0 saturated carbocycles. The Morgan fingerprint density at radius 2 is 1.65 bits per heavy atom. The molecule has 1 heteroatoms. The van der Waals surface area contributed by atoms with Crippen molar-refractivity contribution in [3.8, 4) is 5.69 Å². The van der Waals surface area contributed by atoms with Crippen LogP contribution < -0.4 is 10.6 Å². The molecule has 3 aromatic rings. The smallest absolute Gasteiger partial charge is 0.0540 e. The summed E-state index contributed by atoms with van der Waals surface area (Å²) in [5, 5.41) is 4.17. The molecule has 2 aromatic carbocycles. The molecule has 0 atom stereocenters. The van der Waals surface area contributed by atoms with Crippen LogP contribution in [0.5, 0.6) is 0 Å². The summed E-state index contributed by atoms with van der Waals surface area (Å²) >= 11 is 0. The van der Waals surface area contributed by atoms with Gasteiger partial charge in [0.05, 0.1) is 10.9 Å². The highest BCUT2D eigenvalue weighted by Crippen LogP contribution is 2.17. The van der Waals surface area contributed by atoms with Crippen molar-refractivity contribution in [2.45, 2.75) is 19.8 Å². The summed E-state index contributed by atoms with van der Waals surface area (Å²) in [4.78, 5) is 0. The summed E-state index contributed by atoms with van der Waals surface area (Å²) < 4.78 is 2.41. The summed E-state index contributed by atoms with van der Waals surface area (Å²) in [6.45, 7) is 2.27. The molecule has 1 aromatic heterocycles. The number of fused-ring (bicyclic) bond motifs is 3. The molecule has 0 radical (unpaired) electrons. The highest BCUT2D eigenvalue weighted by atomic mass is 15.0. The minimum absolute atomic E-state index is 1.15. The Morgan fingerprint density at radius 3 is 2.50 bits per heavy atom. The maximum atomic E-state index is 2.41. The van der Waals surface area contributed by atoms with Gasteiger partial charge in [-0.2, -0.15) is 0 Å². The molecule has 0 aliphatic heterocycles. The second kappa shape index (κ2) is 4.38. The maximum Gasteiger partial charge on any atom is 0.0540 e. The second-order valence-corrected chi connectivity index (χ2v) is 5.47. The van der Waals surface area contributed by atoms with Crippen molar-refractivity contribution < 1.29 is 0 Å². The largest absolute Gasteiger partial charge is 0.309 e. The molecule has 0 fully saturated rings. The van der Waals surface area contributed by atoms with Crippen LogP contribution in [-0.2, 0) is 0 Å². The lowest BCUT2D eigenvalue weighted by Crippen LogP contribution is -2.32. The molecule has 1 aliphatic rings. The maximum absolute atomic E-state index is 2.41. The predicted octanol–water partition coefficient (Wildman–Crippen LogP) is 3.38. The van der Waals surface area contributed by atoms with Crippen LogP contribution in [0.2, 0.25) is 0 Å². The van der Waals surface area contributed by atoms with Gasteiger partial charge in [0.1, 0.15) is 0 Å². The summed E-state index contributed by atoms with van der Waals surface area (Å²) in [6.07, 6.45) is 4.71. The van der Waals surface area contributed by atoms with E-state index in [1.807, 2.05) is 0 Å². The van der Waals surface area contributed by atoms with Crippen LogP contribution in [0.1, 0.15) is 19.8 Å². The molecule has 0 bridgehead atoms. The minimum Gasteiger partial charge on any atom is -0.309 e. The van der Waals surface area contributed by atoms with Gasteiger partial charge < -0.3 is 4.57 Å². The zero-order valence-electron chi connectivity index (χ0n) is 11.6. The summed E-state index contributed by atoms with van der Waals surface area (Å²) in [7, 11) is 0. The number of benzene rings is 2. The van der Waals surface area contributed by atoms with E-state index in [0.717, 1.165) is 12.8 Å². The molecule has 0 N–H and O–H groups in total. The quantitative estimate of drug-likeness (QED) is 0.631. The molecule has 1 heterocycles. The highest BCUT2D eigenvalue weighted by molar-refractivity contribution is 5.84. The zero-order chi connectivity index (χ0) is 13.5. The molecule has 0 unspecified atom stereocenters. The lowest BCUT2D eigenvalue weighted by molar-refractivity contribution is 0.991. The van der Waals surface area contributed by atoms with E-state index in [2.05, 4.69) is 72.2 Å². The molecular formula is C19H17N. The molecule has 0 saturated heterocycles. The fourth-order valence-corrected chi connectivity index (χ4v) is 3.29. The molecule has 0 amide bonds. The number of nitrogens with zero attached hydrogens (tertiary/aromatic N) is 1. The Hall–Kier alpha value is -2.28. The second-order valence-electron chi connectivity index (χ2n) is 5.47. The van der Waals surface area contributed by atoms with Crippen LogP contribution in [0.3, 0.4) is 0 Å². The van der Waals surface area contributed by atoms with E-state index in [1.54, 1.807) is 0 Å². The van der Waals surface area contributed by atoms with E-state index in [4.69, 9.17) is 0 Å². The zero-order valence-corrected chi connectivity index (χ0v) is 11.6. The van der Waals surface area contributed by atoms with Crippen molar-refractivity contribution in [3.05, 3.63) is 65.2 Å². The van der Waals surface area contributed by atoms with E-state index < -0.39 is 0 Å². The number of hydrogen-bond acceptors (Lipinski definition) is 0. The van der Waals surface area contributed by atoms with E-state index in [9.17, 15) is 0 Å². The third-order valence-electron chi connectivity index (χ3n) is 4.20. The Morgan fingerprint density at radius 1 is 0.900 bits per heavy atom. The number of hydrogen-bond donors (Lipinski definition) is 0. The molecule has 20 heavy (non-hydrogen) atoms. The van der Waals surface area contributed by atoms with Gasteiger partial charge in [-0.05, 0) is 43.5 Å². The fourth-order valence-electron chi connectivity index (χ4n) is 3.29. The third-order valence-corrected chi connectivity index (χ3v) is 4.20. The van der Waals surface area contributed by atoms with Crippen molar-refractivity contribution >= 4 is 22.6 Å². The first-order valence-corrected chi connectivity index (χ1v) is 7.21. The number of para-hydroxylation sites is 2. The van der Waals surface area contributed by atoms with Crippen LogP contribution in [0, 0.1) is 0 Å². The van der Waals surface area contributed by atoms with Gasteiger partial charge >= 0.3 is 0 Å². The van der Waals surface area contributed by atoms with Crippen molar-refractivity contribution in [2.75, 3.05) is 0 Å². The molecule has 1 aliphatic carbocycles. The van der Waals surface area contributed by atoms with Crippen LogP contribution in [0.4, 0.5) is 0 Å². The standard InChI is InChI=1S/C19H17N/c1-14-8-7-12-17-16-11-5-6-13-18(16)20(19(14)17)15-9-3-2-4-10-15/h2-6,9-13H,7-8H2,1H3. The van der Waals surface area contributed by atoms with Gasteiger partial charge in [-0.15, -0.1) is 0 Å². The van der Waals surface area contributed by atoms with Gasteiger partial charge in [0.2, 0.25) is 0 Å². The highest BCUT2D eigenvalue weighted by Gasteiger charge is 2.12. The number of aromatic nitrogens is 1. The molecule has 0 spiro atoms. The van der Waals surface area contributed by atoms with Gasteiger partial charge in [-0.25, -0.2) is 0 Å². The first-order valence-electron chi connectivity index (χ1n) is 7.21. The SMILES string of the molecule is CC1=c2c(c3ccccc3n2-c2ccccc2)=CCC1. The van der Waals surface area contributed by atoms with Crippen LogP contribution in [-0.4, -0.2) is 4.57 Å². The summed E-state index contributed by atoms with van der Waals surface area (Å²) in [6, 6.07) is 19.4. The third kappa shape index (κ3) is 1.56. The topological polar surface area (TPSA) is 4.93 Å². The van der Waals surface area contributed by atoms with Crippen molar-refractivity contribution in [1.29, 1.82) is 0 Å². The summed E-state index contributed by atoms with van der Waals surface area (Å²) in [5.74, 6) is 0. The Bertz CT molecular complexity index is 898. The van der Waals surface area contributed by atoms with Gasteiger partial charge in [0.25, 0.3) is 0 Å². The van der Waals surface area contributed by atoms with Gasteiger partial charge in [0, 0.05) is 16.3 Å². The average Bonchev–Trinajstić information content (AvgIpc) is 2.84. The van der Waals surface area contributed by atoms with Crippen molar-refractivity contribution in [1.82, 2.24) is 4.57 Å².